The van der Waals surface area contributed by atoms with Gasteiger partial charge in [0.05, 0.1) is 5.92 Å². The third-order valence-electron chi connectivity index (χ3n) is 3.77. The van der Waals surface area contributed by atoms with E-state index in [1.54, 1.807) is 11.3 Å². The average molecular weight is 286 g/mol. The van der Waals surface area contributed by atoms with Gasteiger partial charge in [-0.1, -0.05) is 0 Å². The molecule has 1 aromatic heterocycles. The summed E-state index contributed by atoms with van der Waals surface area (Å²) in [6.07, 6.45) is 2.01. The molecule has 102 valence electrons. The minimum Gasteiger partial charge on any atom is -0.444 e. The maximum Gasteiger partial charge on any atom is 0.205 e. The lowest BCUT2D eigenvalue weighted by Crippen LogP contribution is -2.27. The van der Waals surface area contributed by atoms with Gasteiger partial charge in [-0.15, -0.1) is 11.3 Å². The Morgan fingerprint density at radius 2 is 2.30 bits per heavy atom. The van der Waals surface area contributed by atoms with Crippen LogP contribution in [-0.4, -0.2) is 5.78 Å². The molecule has 2 heterocycles. The van der Waals surface area contributed by atoms with Gasteiger partial charge in [-0.05, 0) is 30.4 Å². The number of nitrogens with zero attached hydrogens (tertiary/aromatic N) is 1. The molecule has 1 aromatic rings. The Hall–Kier alpha value is -2.06. The maximum atomic E-state index is 12.3. The summed E-state index contributed by atoms with van der Waals surface area (Å²) in [5, 5.41) is 11.4. The average Bonchev–Trinajstić information content (AvgIpc) is 2.83. The number of carbonyl (C=O) groups is 1. The Kier molecular flexibility index (Phi) is 3.11. The van der Waals surface area contributed by atoms with Crippen molar-refractivity contribution in [2.45, 2.75) is 32.1 Å². The van der Waals surface area contributed by atoms with E-state index in [0.29, 0.717) is 29.7 Å². The van der Waals surface area contributed by atoms with E-state index in [1.807, 2.05) is 18.4 Å². The Labute approximate surface area is 121 Å². The van der Waals surface area contributed by atoms with Crippen molar-refractivity contribution in [3.63, 3.8) is 0 Å². The van der Waals surface area contributed by atoms with Gasteiger partial charge in [0, 0.05) is 23.3 Å². The highest BCUT2D eigenvalue weighted by molar-refractivity contribution is 7.10. The Morgan fingerprint density at radius 3 is 2.95 bits per heavy atom. The fourth-order valence-corrected chi connectivity index (χ4v) is 3.84. The van der Waals surface area contributed by atoms with Gasteiger partial charge >= 0.3 is 0 Å². The van der Waals surface area contributed by atoms with Crippen LogP contribution >= 0.6 is 11.3 Å². The van der Waals surface area contributed by atoms with Crippen molar-refractivity contribution in [3.05, 3.63) is 44.7 Å². The van der Waals surface area contributed by atoms with Crippen molar-refractivity contribution >= 4 is 17.1 Å². The molecule has 1 atom stereocenters. The molecule has 1 aliphatic heterocycles. The minimum absolute atomic E-state index is 0.0734. The van der Waals surface area contributed by atoms with E-state index in [-0.39, 0.29) is 17.6 Å². The summed E-state index contributed by atoms with van der Waals surface area (Å²) in [5.74, 6) is 0.509. The zero-order valence-electron chi connectivity index (χ0n) is 11.1. The molecule has 0 fully saturated rings. The Morgan fingerprint density at radius 1 is 1.50 bits per heavy atom. The van der Waals surface area contributed by atoms with Crippen LogP contribution in [-0.2, 0) is 9.53 Å². The summed E-state index contributed by atoms with van der Waals surface area (Å²) in [6, 6.07) is 4.12. The summed E-state index contributed by atoms with van der Waals surface area (Å²) in [7, 11) is 0. The molecule has 0 amide bonds. The smallest absolute Gasteiger partial charge is 0.205 e. The molecule has 1 aliphatic carbocycles. The zero-order valence-corrected chi connectivity index (χ0v) is 11.9. The van der Waals surface area contributed by atoms with E-state index < -0.39 is 0 Å². The molecule has 2 N–H and O–H groups in total. The molecular weight excluding hydrogens is 272 g/mol. The summed E-state index contributed by atoms with van der Waals surface area (Å²) in [5.41, 5.74) is 7.94. The fourth-order valence-electron chi connectivity index (χ4n) is 2.80. The van der Waals surface area contributed by atoms with Crippen molar-refractivity contribution in [1.82, 2.24) is 0 Å². The number of thiophene rings is 1. The molecule has 4 nitrogen and oxygen atoms in total. The summed E-state index contributed by atoms with van der Waals surface area (Å²) < 4.78 is 5.53. The van der Waals surface area contributed by atoms with Crippen LogP contribution in [0.3, 0.4) is 0 Å². The normalized spacial score (nSPS) is 22.4. The highest BCUT2D eigenvalue weighted by Gasteiger charge is 2.38. The van der Waals surface area contributed by atoms with E-state index in [9.17, 15) is 10.1 Å². The number of aryl methyl sites for hydroxylation is 1. The number of hydrogen-bond donors (Lipinski definition) is 1. The molecule has 5 heteroatoms. The third-order valence-corrected chi connectivity index (χ3v) is 4.85. The van der Waals surface area contributed by atoms with E-state index in [4.69, 9.17) is 10.5 Å². The molecule has 0 saturated heterocycles. The third kappa shape index (κ3) is 1.84. The molecule has 20 heavy (non-hydrogen) atoms. The first kappa shape index (κ1) is 12.9. The first-order valence-corrected chi connectivity index (χ1v) is 7.39. The van der Waals surface area contributed by atoms with Crippen molar-refractivity contribution in [1.29, 1.82) is 5.26 Å². The van der Waals surface area contributed by atoms with Crippen molar-refractivity contribution in [2.24, 2.45) is 5.73 Å². The summed E-state index contributed by atoms with van der Waals surface area (Å²) in [6.45, 7) is 1.99. The summed E-state index contributed by atoms with van der Waals surface area (Å²) >= 11 is 1.55. The van der Waals surface area contributed by atoms with Crippen molar-refractivity contribution in [3.8, 4) is 6.07 Å². The van der Waals surface area contributed by atoms with E-state index in [2.05, 4.69) is 6.07 Å². The standard InChI is InChI=1S/C15H14N2O2S/c1-8-5-6-20-14(8)12-9(7-16)15(17)19-11-4-2-3-10(18)13(11)12/h5-6,12H,2-4,17H2,1H3/t12-/m0/s1. The number of allylic oxidation sites excluding steroid dienone is 3. The van der Waals surface area contributed by atoms with Crippen LogP contribution in [0, 0.1) is 18.3 Å². The summed E-state index contributed by atoms with van der Waals surface area (Å²) in [4.78, 5) is 13.3. The topological polar surface area (TPSA) is 76.1 Å². The van der Waals surface area contributed by atoms with Gasteiger partial charge in [-0.2, -0.15) is 5.26 Å². The van der Waals surface area contributed by atoms with Crippen LogP contribution in [0.5, 0.6) is 0 Å². The predicted octanol–water partition coefficient (Wildman–Crippen LogP) is 2.87. The Balaban J connectivity index is 2.21. The molecule has 0 saturated carbocycles. The first-order valence-electron chi connectivity index (χ1n) is 6.51. The lowest BCUT2D eigenvalue weighted by Gasteiger charge is -2.30. The van der Waals surface area contributed by atoms with Gasteiger partial charge in [-0.3, -0.25) is 4.79 Å². The SMILES string of the molecule is Cc1ccsc1[C@H]1C(C#N)=C(N)OC2=C1C(=O)CCC2. The van der Waals surface area contributed by atoms with Gasteiger partial charge < -0.3 is 10.5 Å². The molecule has 2 aliphatic rings. The molecule has 3 rings (SSSR count). The van der Waals surface area contributed by atoms with Crippen LogP contribution in [0.1, 0.15) is 35.6 Å². The van der Waals surface area contributed by atoms with Crippen molar-refractivity contribution < 1.29 is 9.53 Å². The number of rotatable bonds is 1. The Bertz CT molecular complexity index is 691. The quantitative estimate of drug-likeness (QED) is 0.861. The number of carbonyl (C=O) groups excluding carboxylic acids is 1. The van der Waals surface area contributed by atoms with Crippen LogP contribution in [0.4, 0.5) is 0 Å². The van der Waals surface area contributed by atoms with Crippen molar-refractivity contribution in [2.75, 3.05) is 0 Å². The zero-order chi connectivity index (χ0) is 14.3. The monoisotopic (exact) mass is 286 g/mol. The largest absolute Gasteiger partial charge is 0.444 e. The molecular formula is C15H14N2O2S. The molecule has 0 bridgehead atoms. The highest BCUT2D eigenvalue weighted by Crippen LogP contribution is 2.45. The molecule has 0 spiro atoms. The molecule has 0 radical (unpaired) electrons. The first-order chi connectivity index (χ1) is 9.63. The number of Topliss-reactive ketones (excluding diaryl/α,β-unsaturated/α-hetero) is 1. The molecule has 0 unspecified atom stereocenters. The number of hydrogen-bond acceptors (Lipinski definition) is 5. The second-order valence-corrected chi connectivity index (χ2v) is 5.95. The number of ether oxygens (including phenoxy) is 1. The molecule has 0 aromatic carbocycles. The van der Waals surface area contributed by atoms with Gasteiger partial charge in [0.1, 0.15) is 17.4 Å². The minimum atomic E-state index is -0.350. The van der Waals surface area contributed by atoms with Crippen LogP contribution in [0.15, 0.2) is 34.2 Å². The second-order valence-electron chi connectivity index (χ2n) is 5.01. The van der Waals surface area contributed by atoms with Crippen LogP contribution in [0.2, 0.25) is 0 Å². The van der Waals surface area contributed by atoms with E-state index in [0.717, 1.165) is 16.9 Å². The predicted molar refractivity (Wildman–Crippen MR) is 75.6 cm³/mol. The lowest BCUT2D eigenvalue weighted by atomic mass is 9.80. The number of nitrogens with two attached hydrogens (primary N) is 1. The lowest BCUT2D eigenvalue weighted by molar-refractivity contribution is -0.116. The number of ketones is 1. The second kappa shape index (κ2) is 4.80. The number of nitriles is 1. The van der Waals surface area contributed by atoms with Crippen LogP contribution < -0.4 is 5.73 Å². The van der Waals surface area contributed by atoms with Gasteiger partial charge in [-0.25, -0.2) is 0 Å². The highest BCUT2D eigenvalue weighted by atomic mass is 32.1. The van der Waals surface area contributed by atoms with Gasteiger partial charge in [0.25, 0.3) is 0 Å². The van der Waals surface area contributed by atoms with Gasteiger partial charge in [0.15, 0.2) is 5.78 Å². The van der Waals surface area contributed by atoms with E-state index >= 15 is 0 Å². The fraction of sp³-hybridized carbons (Fsp3) is 0.333. The maximum absolute atomic E-state index is 12.3. The van der Waals surface area contributed by atoms with Crippen LogP contribution in [0.25, 0.3) is 0 Å². The van der Waals surface area contributed by atoms with Gasteiger partial charge in [0.2, 0.25) is 5.88 Å². The van der Waals surface area contributed by atoms with E-state index in [1.165, 1.54) is 0 Å².